The fourth-order valence-corrected chi connectivity index (χ4v) is 3.04. The van der Waals surface area contributed by atoms with Gasteiger partial charge in [0.15, 0.2) is 0 Å². The van der Waals surface area contributed by atoms with Gasteiger partial charge in [-0.05, 0) is 18.7 Å². The van der Waals surface area contributed by atoms with Crippen LogP contribution in [-0.2, 0) is 0 Å². The van der Waals surface area contributed by atoms with Crippen molar-refractivity contribution >= 4 is 13.3 Å². The maximum absolute atomic E-state index is 3.20. The first kappa shape index (κ1) is 10.0. The van der Waals surface area contributed by atoms with Crippen molar-refractivity contribution in [2.75, 3.05) is 0 Å². The summed E-state index contributed by atoms with van der Waals surface area (Å²) in [4.78, 5) is 0. The van der Waals surface area contributed by atoms with Crippen LogP contribution in [0.3, 0.4) is 0 Å². The average Bonchev–Trinajstić information content (AvgIpc) is 2.16. The minimum Gasteiger partial charge on any atom is -0.134 e. The second-order valence-corrected chi connectivity index (χ2v) is 8.00. The minimum absolute atomic E-state index is 1.37. The molecule has 1 heteroatoms. The van der Waals surface area contributed by atoms with E-state index in [1.165, 1.54) is 5.19 Å². The van der Waals surface area contributed by atoms with Gasteiger partial charge in [0.2, 0.25) is 0 Å². The maximum atomic E-state index is 3.20. The molecule has 0 nitrogen and oxygen atoms in total. The molecule has 1 rings (SSSR count). The van der Waals surface area contributed by atoms with Crippen LogP contribution >= 0.6 is 0 Å². The molecule has 0 aromatic heterocycles. The Labute approximate surface area is 81.6 Å². The predicted molar refractivity (Wildman–Crippen MR) is 61.9 cm³/mol. The molecule has 0 amide bonds. The fraction of sp³-hybridized carbons (Fsp3) is 0.250. The van der Waals surface area contributed by atoms with E-state index < -0.39 is 8.07 Å². The van der Waals surface area contributed by atoms with E-state index in [0.717, 1.165) is 0 Å². The molecule has 0 heterocycles. The zero-order valence-corrected chi connectivity index (χ0v) is 9.54. The summed E-state index contributed by atoms with van der Waals surface area (Å²) < 4.78 is 0. The monoisotopic (exact) mass is 188 g/mol. The Morgan fingerprint density at radius 1 is 1.15 bits per heavy atom. The van der Waals surface area contributed by atoms with Crippen molar-refractivity contribution in [2.24, 2.45) is 0 Å². The molecule has 0 aliphatic heterocycles. The van der Waals surface area contributed by atoms with Crippen LogP contribution < -0.4 is 5.19 Å². The lowest BCUT2D eigenvalue weighted by molar-refractivity contribution is 1.70. The molecule has 0 aliphatic rings. The molecule has 0 spiro atoms. The van der Waals surface area contributed by atoms with Crippen molar-refractivity contribution in [3.63, 3.8) is 0 Å². The van der Waals surface area contributed by atoms with E-state index >= 15 is 0 Å². The summed E-state index contributed by atoms with van der Waals surface area (Å²) >= 11 is 0. The van der Waals surface area contributed by atoms with Crippen LogP contribution in [0.1, 0.15) is 6.92 Å². The van der Waals surface area contributed by atoms with Gasteiger partial charge in [-0.25, -0.2) is 0 Å². The largest absolute Gasteiger partial charge is 0.134 e. The Kier molecular flexibility index (Phi) is 3.29. The van der Waals surface area contributed by atoms with Gasteiger partial charge in [0.25, 0.3) is 0 Å². The lowest BCUT2D eigenvalue weighted by atomic mass is 10.4. The van der Waals surface area contributed by atoms with E-state index in [1.54, 1.807) is 0 Å². The zero-order chi connectivity index (χ0) is 9.73. The quantitative estimate of drug-likeness (QED) is 0.494. The first-order valence-electron chi connectivity index (χ1n) is 4.60. The summed E-state index contributed by atoms with van der Waals surface area (Å²) in [6, 6.07) is 10.7. The Morgan fingerprint density at radius 3 is 2.31 bits per heavy atom. The van der Waals surface area contributed by atoms with Gasteiger partial charge in [0.1, 0.15) is 8.07 Å². The van der Waals surface area contributed by atoms with Crippen LogP contribution in [0.25, 0.3) is 0 Å². The Hall–Kier alpha value is -1.04. The van der Waals surface area contributed by atoms with Gasteiger partial charge in [-0.15, -0.1) is 5.73 Å². The molecule has 0 fully saturated rings. The van der Waals surface area contributed by atoms with Crippen molar-refractivity contribution in [3.8, 4) is 0 Å². The summed E-state index contributed by atoms with van der Waals surface area (Å²) in [7, 11) is -1.37. The number of benzene rings is 1. The number of hydrogen-bond donors (Lipinski definition) is 0. The summed E-state index contributed by atoms with van der Waals surface area (Å²) in [5, 5.41) is 1.46. The first-order chi connectivity index (χ1) is 6.17. The van der Waals surface area contributed by atoms with E-state index in [9.17, 15) is 0 Å². The Balaban J connectivity index is 3.01. The van der Waals surface area contributed by atoms with E-state index in [2.05, 4.69) is 54.9 Å². The lowest BCUT2D eigenvalue weighted by Gasteiger charge is -2.16. The van der Waals surface area contributed by atoms with Crippen LogP contribution in [0.15, 0.2) is 47.8 Å². The van der Waals surface area contributed by atoms with Crippen molar-refractivity contribution in [3.05, 3.63) is 47.8 Å². The number of hydrogen-bond acceptors (Lipinski definition) is 0. The van der Waals surface area contributed by atoms with Gasteiger partial charge in [0.05, 0.1) is 0 Å². The van der Waals surface area contributed by atoms with Gasteiger partial charge < -0.3 is 0 Å². The Bertz CT molecular complexity index is 316. The third-order valence-corrected chi connectivity index (χ3v) is 4.84. The second kappa shape index (κ2) is 4.27. The lowest BCUT2D eigenvalue weighted by Crippen LogP contribution is -2.39. The number of allylic oxidation sites excluding steroid dienone is 1. The highest BCUT2D eigenvalue weighted by atomic mass is 28.3. The molecule has 0 aliphatic carbocycles. The molecule has 0 bridgehead atoms. The zero-order valence-electron chi connectivity index (χ0n) is 8.54. The van der Waals surface area contributed by atoms with E-state index in [0.29, 0.717) is 0 Å². The van der Waals surface area contributed by atoms with Crippen molar-refractivity contribution in [1.29, 1.82) is 0 Å². The molecule has 0 unspecified atom stereocenters. The molecular weight excluding hydrogens is 172 g/mol. The fourth-order valence-electron chi connectivity index (χ4n) is 1.24. The molecular formula is C12H16Si. The van der Waals surface area contributed by atoms with Crippen molar-refractivity contribution < 1.29 is 0 Å². The maximum Gasteiger partial charge on any atom is 0.112 e. The molecule has 0 saturated carbocycles. The van der Waals surface area contributed by atoms with Gasteiger partial charge in [-0.1, -0.05) is 48.6 Å². The topological polar surface area (TPSA) is 0 Å². The normalized spacial score (nSPS) is 10.4. The van der Waals surface area contributed by atoms with Crippen LogP contribution in [0.2, 0.25) is 13.1 Å². The smallest absolute Gasteiger partial charge is 0.112 e. The molecule has 13 heavy (non-hydrogen) atoms. The molecule has 0 radical (unpaired) electrons. The average molecular weight is 188 g/mol. The molecule has 0 N–H and O–H groups in total. The molecule has 1 aromatic carbocycles. The van der Waals surface area contributed by atoms with Gasteiger partial charge in [0, 0.05) is 0 Å². The highest BCUT2D eigenvalue weighted by Gasteiger charge is 2.18. The summed E-state index contributed by atoms with van der Waals surface area (Å²) in [6.07, 6.45) is 1.97. The summed E-state index contributed by atoms with van der Waals surface area (Å²) in [6.45, 7) is 6.67. The van der Waals surface area contributed by atoms with E-state index in [4.69, 9.17) is 0 Å². The molecule has 68 valence electrons. The van der Waals surface area contributed by atoms with Gasteiger partial charge in [-0.2, -0.15) is 0 Å². The molecule has 0 saturated heterocycles. The molecule has 0 atom stereocenters. The summed E-state index contributed by atoms with van der Waals surface area (Å²) in [5.74, 6) is 0. The Morgan fingerprint density at radius 2 is 1.77 bits per heavy atom. The van der Waals surface area contributed by atoms with Crippen molar-refractivity contribution in [2.45, 2.75) is 20.0 Å². The third kappa shape index (κ3) is 2.73. The van der Waals surface area contributed by atoms with Crippen LogP contribution in [0, 0.1) is 0 Å². The van der Waals surface area contributed by atoms with Crippen LogP contribution in [0.4, 0.5) is 0 Å². The van der Waals surface area contributed by atoms with Crippen LogP contribution in [-0.4, -0.2) is 8.07 Å². The van der Waals surface area contributed by atoms with E-state index in [-0.39, 0.29) is 0 Å². The number of rotatable bonds is 2. The van der Waals surface area contributed by atoms with Gasteiger partial charge in [-0.3, -0.25) is 0 Å². The second-order valence-electron chi connectivity index (χ2n) is 3.69. The highest BCUT2D eigenvalue weighted by Crippen LogP contribution is 2.03. The van der Waals surface area contributed by atoms with E-state index in [1.807, 2.05) is 13.0 Å². The first-order valence-corrected chi connectivity index (χ1v) is 7.68. The molecule has 1 aromatic rings. The predicted octanol–water partition coefficient (Wildman–Crippen LogP) is 2.87. The van der Waals surface area contributed by atoms with Crippen molar-refractivity contribution in [1.82, 2.24) is 0 Å². The summed E-state index contributed by atoms with van der Waals surface area (Å²) in [5.41, 5.74) is 5.44. The third-order valence-electron chi connectivity index (χ3n) is 2.13. The van der Waals surface area contributed by atoms with Gasteiger partial charge >= 0.3 is 0 Å². The minimum atomic E-state index is -1.37. The standard InChI is InChI=1S/C12H16Si/c1-4-5-11-13(2,3)12-9-7-6-8-10-12/h4,6-11H,1-3H3. The highest BCUT2D eigenvalue weighted by molar-refractivity contribution is 6.93. The SMILES string of the molecule is CC=C=C[Si](C)(C)c1ccccc1. The van der Waals surface area contributed by atoms with Crippen LogP contribution in [0.5, 0.6) is 0 Å².